The Morgan fingerprint density at radius 1 is 1.24 bits per heavy atom. The van der Waals surface area contributed by atoms with Crippen LogP contribution in [0.5, 0.6) is 0 Å². The summed E-state index contributed by atoms with van der Waals surface area (Å²) in [7, 11) is 1.93. The van der Waals surface area contributed by atoms with Crippen molar-refractivity contribution >= 4 is 5.91 Å². The molecule has 2 rings (SSSR count). The highest BCUT2D eigenvalue weighted by atomic mass is 16.2. The molecule has 3 nitrogen and oxygen atoms in total. The molecule has 1 saturated heterocycles. The highest BCUT2D eigenvalue weighted by Crippen LogP contribution is 2.16. The number of nitrogens with zero attached hydrogens (tertiary/aromatic N) is 1. The molecule has 21 heavy (non-hydrogen) atoms. The van der Waals surface area contributed by atoms with Gasteiger partial charge in [0.2, 0.25) is 5.91 Å². The van der Waals surface area contributed by atoms with Crippen LogP contribution in [0.4, 0.5) is 0 Å². The third-order valence-corrected chi connectivity index (χ3v) is 4.68. The molecule has 0 radical (unpaired) electrons. The summed E-state index contributed by atoms with van der Waals surface area (Å²) < 4.78 is 0. The third-order valence-electron chi connectivity index (χ3n) is 4.68. The second-order valence-corrected chi connectivity index (χ2v) is 6.39. The Bertz CT molecular complexity index is 478. The molecule has 1 heterocycles. The second-order valence-electron chi connectivity index (χ2n) is 6.39. The van der Waals surface area contributed by atoms with Gasteiger partial charge in [-0.1, -0.05) is 18.2 Å². The molecule has 0 unspecified atom stereocenters. The maximum absolute atomic E-state index is 12.3. The predicted octanol–water partition coefficient (Wildman–Crippen LogP) is 2.69. The van der Waals surface area contributed by atoms with Crippen molar-refractivity contribution < 1.29 is 4.79 Å². The van der Waals surface area contributed by atoms with Gasteiger partial charge in [0, 0.05) is 13.6 Å². The molecular weight excluding hydrogens is 260 g/mol. The van der Waals surface area contributed by atoms with Gasteiger partial charge in [-0.2, -0.15) is 0 Å². The largest absolute Gasteiger partial charge is 0.345 e. The Hall–Kier alpha value is -1.35. The lowest BCUT2D eigenvalue weighted by molar-refractivity contribution is -0.129. The van der Waals surface area contributed by atoms with Crippen LogP contribution in [-0.2, 0) is 11.2 Å². The second kappa shape index (κ2) is 7.60. The number of aryl methyl sites for hydroxylation is 2. The summed E-state index contributed by atoms with van der Waals surface area (Å²) in [5, 5.41) is 3.39. The normalized spacial score (nSPS) is 16.0. The maximum atomic E-state index is 12.3. The number of rotatable bonds is 5. The van der Waals surface area contributed by atoms with Crippen LogP contribution in [0.2, 0.25) is 0 Å². The van der Waals surface area contributed by atoms with Crippen LogP contribution in [0, 0.1) is 19.8 Å². The van der Waals surface area contributed by atoms with Crippen molar-refractivity contribution in [2.45, 2.75) is 39.5 Å². The topological polar surface area (TPSA) is 32.3 Å². The first kappa shape index (κ1) is 16.0. The predicted molar refractivity (Wildman–Crippen MR) is 87.5 cm³/mol. The van der Waals surface area contributed by atoms with Gasteiger partial charge in [-0.15, -0.1) is 0 Å². The lowest BCUT2D eigenvalue weighted by Crippen LogP contribution is -2.33. The fourth-order valence-electron chi connectivity index (χ4n) is 2.89. The molecule has 1 amide bonds. The monoisotopic (exact) mass is 288 g/mol. The Morgan fingerprint density at radius 3 is 2.62 bits per heavy atom. The van der Waals surface area contributed by atoms with Gasteiger partial charge in [-0.3, -0.25) is 4.79 Å². The SMILES string of the molecule is Cc1ccc(CC(=O)N(C)CCC2CCNCC2)cc1C. The summed E-state index contributed by atoms with van der Waals surface area (Å²) in [6.45, 7) is 7.35. The summed E-state index contributed by atoms with van der Waals surface area (Å²) >= 11 is 0. The number of amides is 1. The Labute approximate surface area is 128 Å². The van der Waals surface area contributed by atoms with Gasteiger partial charge in [0.25, 0.3) is 0 Å². The summed E-state index contributed by atoms with van der Waals surface area (Å²) in [6.07, 6.45) is 4.15. The van der Waals surface area contributed by atoms with Crippen LogP contribution in [0.3, 0.4) is 0 Å². The highest BCUT2D eigenvalue weighted by Gasteiger charge is 2.16. The van der Waals surface area contributed by atoms with Gasteiger partial charge in [0.1, 0.15) is 0 Å². The number of hydrogen-bond acceptors (Lipinski definition) is 2. The minimum atomic E-state index is 0.229. The highest BCUT2D eigenvalue weighted by molar-refractivity contribution is 5.78. The van der Waals surface area contributed by atoms with Crippen LogP contribution < -0.4 is 5.32 Å². The molecule has 1 aliphatic rings. The van der Waals surface area contributed by atoms with E-state index in [-0.39, 0.29) is 5.91 Å². The molecule has 116 valence electrons. The van der Waals surface area contributed by atoms with E-state index in [1.54, 1.807) is 0 Å². The zero-order valence-corrected chi connectivity index (χ0v) is 13.6. The van der Waals surface area contributed by atoms with E-state index in [0.29, 0.717) is 6.42 Å². The van der Waals surface area contributed by atoms with Crippen molar-refractivity contribution in [2.75, 3.05) is 26.7 Å². The first-order chi connectivity index (χ1) is 10.1. The van der Waals surface area contributed by atoms with Crippen LogP contribution in [0.25, 0.3) is 0 Å². The van der Waals surface area contributed by atoms with Crippen molar-refractivity contribution in [3.05, 3.63) is 34.9 Å². The number of carbonyl (C=O) groups excluding carboxylic acids is 1. The van der Waals surface area contributed by atoms with Gasteiger partial charge >= 0.3 is 0 Å². The number of likely N-dealkylation sites (N-methyl/N-ethyl adjacent to an activating group) is 1. The van der Waals surface area contributed by atoms with E-state index in [0.717, 1.165) is 37.5 Å². The molecule has 1 aliphatic heterocycles. The standard InChI is InChI=1S/C18H28N2O/c1-14-4-5-17(12-15(14)2)13-18(21)20(3)11-8-16-6-9-19-10-7-16/h4-5,12,16,19H,6-11,13H2,1-3H3. The first-order valence-electron chi connectivity index (χ1n) is 8.07. The maximum Gasteiger partial charge on any atom is 0.226 e. The molecule has 0 aromatic heterocycles. The first-order valence-corrected chi connectivity index (χ1v) is 8.07. The van der Waals surface area contributed by atoms with E-state index < -0.39 is 0 Å². The molecule has 1 aromatic rings. The number of carbonyl (C=O) groups is 1. The van der Waals surface area contributed by atoms with E-state index in [1.807, 2.05) is 11.9 Å². The number of hydrogen-bond donors (Lipinski definition) is 1. The Morgan fingerprint density at radius 2 is 1.95 bits per heavy atom. The van der Waals surface area contributed by atoms with E-state index >= 15 is 0 Å². The van der Waals surface area contributed by atoms with Gasteiger partial charge in [-0.25, -0.2) is 0 Å². The molecule has 0 bridgehead atoms. The van der Waals surface area contributed by atoms with Crippen LogP contribution in [-0.4, -0.2) is 37.5 Å². The summed E-state index contributed by atoms with van der Waals surface area (Å²) in [4.78, 5) is 14.2. The fourth-order valence-corrected chi connectivity index (χ4v) is 2.89. The minimum Gasteiger partial charge on any atom is -0.345 e. The molecule has 0 aliphatic carbocycles. The van der Waals surface area contributed by atoms with Crippen molar-refractivity contribution in [1.29, 1.82) is 0 Å². The van der Waals surface area contributed by atoms with E-state index in [2.05, 4.69) is 37.4 Å². The van der Waals surface area contributed by atoms with Gasteiger partial charge in [-0.05, 0) is 68.8 Å². The minimum absolute atomic E-state index is 0.229. The molecule has 1 aromatic carbocycles. The molecule has 1 fully saturated rings. The van der Waals surface area contributed by atoms with E-state index in [9.17, 15) is 4.79 Å². The zero-order valence-electron chi connectivity index (χ0n) is 13.6. The van der Waals surface area contributed by atoms with Crippen molar-refractivity contribution in [3.8, 4) is 0 Å². The lowest BCUT2D eigenvalue weighted by Gasteiger charge is -2.25. The van der Waals surface area contributed by atoms with Crippen LogP contribution in [0.1, 0.15) is 36.0 Å². The summed E-state index contributed by atoms with van der Waals surface area (Å²) in [5.74, 6) is 1.01. The summed E-state index contributed by atoms with van der Waals surface area (Å²) in [6, 6.07) is 6.31. The van der Waals surface area contributed by atoms with Crippen LogP contribution in [0.15, 0.2) is 18.2 Å². The molecular formula is C18H28N2O. The number of piperidine rings is 1. The Kier molecular flexibility index (Phi) is 5.80. The quantitative estimate of drug-likeness (QED) is 0.903. The van der Waals surface area contributed by atoms with Crippen molar-refractivity contribution in [1.82, 2.24) is 10.2 Å². The molecule has 1 N–H and O–H groups in total. The molecule has 0 spiro atoms. The van der Waals surface area contributed by atoms with Crippen LogP contribution >= 0.6 is 0 Å². The summed E-state index contributed by atoms with van der Waals surface area (Å²) in [5.41, 5.74) is 3.67. The van der Waals surface area contributed by atoms with Gasteiger partial charge in [0.05, 0.1) is 6.42 Å². The zero-order chi connectivity index (χ0) is 15.2. The van der Waals surface area contributed by atoms with Crippen molar-refractivity contribution in [2.24, 2.45) is 5.92 Å². The smallest absolute Gasteiger partial charge is 0.226 e. The lowest BCUT2D eigenvalue weighted by atomic mass is 9.94. The van der Waals surface area contributed by atoms with Crippen molar-refractivity contribution in [3.63, 3.8) is 0 Å². The fraction of sp³-hybridized carbons (Fsp3) is 0.611. The van der Waals surface area contributed by atoms with E-state index in [4.69, 9.17) is 0 Å². The number of benzene rings is 1. The van der Waals surface area contributed by atoms with E-state index in [1.165, 1.54) is 24.0 Å². The van der Waals surface area contributed by atoms with Gasteiger partial charge < -0.3 is 10.2 Å². The molecule has 0 atom stereocenters. The average Bonchev–Trinajstić information content (AvgIpc) is 2.49. The third kappa shape index (κ3) is 4.85. The Balaban J connectivity index is 1.80. The number of nitrogens with one attached hydrogen (secondary N) is 1. The average molecular weight is 288 g/mol. The van der Waals surface area contributed by atoms with Gasteiger partial charge in [0.15, 0.2) is 0 Å². The molecule has 3 heteroatoms. The molecule has 0 saturated carbocycles.